The van der Waals surface area contributed by atoms with Gasteiger partial charge in [-0.05, 0) is 60.1 Å². The number of fused-ring (bicyclic) bond motifs is 1. The summed E-state index contributed by atoms with van der Waals surface area (Å²) in [6.45, 7) is 2.35. The predicted octanol–water partition coefficient (Wildman–Crippen LogP) is 3.91. The van der Waals surface area contributed by atoms with E-state index in [1.165, 1.54) is 43.1 Å². The van der Waals surface area contributed by atoms with Crippen LogP contribution in [0.1, 0.15) is 42.7 Å². The second kappa shape index (κ2) is 7.37. The number of unbranched alkanes of at least 4 members (excludes halogenated alkanes) is 1. The van der Waals surface area contributed by atoms with E-state index >= 15 is 0 Å². The molecule has 1 aliphatic carbocycles. The zero-order valence-corrected chi connectivity index (χ0v) is 12.6. The van der Waals surface area contributed by atoms with Crippen LogP contribution < -0.4 is 5.32 Å². The number of benzene rings is 1. The van der Waals surface area contributed by atoms with Crippen molar-refractivity contribution >= 4 is 22.6 Å². The molecule has 2 rings (SSSR count). The van der Waals surface area contributed by atoms with Gasteiger partial charge in [-0.3, -0.25) is 0 Å². The van der Waals surface area contributed by atoms with Crippen LogP contribution in [0.25, 0.3) is 0 Å². The van der Waals surface area contributed by atoms with E-state index in [2.05, 4.69) is 52.2 Å². The molecule has 1 aromatic rings. The third-order valence-electron chi connectivity index (χ3n) is 3.62. The molecule has 0 saturated heterocycles. The molecule has 0 fully saturated rings. The van der Waals surface area contributed by atoms with Crippen molar-refractivity contribution in [2.75, 3.05) is 17.5 Å². The predicted molar refractivity (Wildman–Crippen MR) is 83.1 cm³/mol. The second-order valence-corrected chi connectivity index (χ2v) is 5.97. The Labute approximate surface area is 119 Å². The molecule has 1 N–H and O–H groups in total. The third kappa shape index (κ3) is 3.95. The van der Waals surface area contributed by atoms with Crippen LogP contribution in [0.15, 0.2) is 24.3 Å². The van der Waals surface area contributed by atoms with Crippen LogP contribution in [0, 0.1) is 0 Å². The van der Waals surface area contributed by atoms with E-state index in [1.807, 2.05) is 0 Å². The third-order valence-corrected chi connectivity index (χ3v) is 4.38. The lowest BCUT2D eigenvalue weighted by molar-refractivity contribution is 0.503. The van der Waals surface area contributed by atoms with Crippen LogP contribution in [0.2, 0.25) is 0 Å². The minimum absolute atomic E-state index is 0.750. The van der Waals surface area contributed by atoms with Crippen LogP contribution in [0.3, 0.4) is 0 Å². The average molecular weight is 343 g/mol. The first-order valence-corrected chi connectivity index (χ1v) is 8.29. The van der Waals surface area contributed by atoms with Crippen LogP contribution in [-0.2, 0) is 6.42 Å². The highest BCUT2D eigenvalue weighted by Gasteiger charge is 2.18. The number of nitrogens with one attached hydrogen (secondary N) is 1. The van der Waals surface area contributed by atoms with Crippen molar-refractivity contribution in [3.63, 3.8) is 0 Å². The van der Waals surface area contributed by atoms with E-state index in [1.54, 1.807) is 11.1 Å². The first-order chi connectivity index (χ1) is 8.42. The summed E-state index contributed by atoms with van der Waals surface area (Å²) in [4.78, 5) is 0. The van der Waals surface area contributed by atoms with Gasteiger partial charge >= 0.3 is 0 Å². The maximum atomic E-state index is 3.63. The van der Waals surface area contributed by atoms with Gasteiger partial charge in [0.2, 0.25) is 0 Å². The van der Waals surface area contributed by atoms with E-state index in [0.717, 1.165) is 12.5 Å². The monoisotopic (exact) mass is 343 g/mol. The first-order valence-electron chi connectivity index (χ1n) is 6.76. The Morgan fingerprint density at radius 2 is 2.12 bits per heavy atom. The summed E-state index contributed by atoms with van der Waals surface area (Å²) in [6.07, 6.45) is 6.65. The largest absolute Gasteiger partial charge is 0.316 e. The van der Waals surface area contributed by atoms with Gasteiger partial charge in [-0.25, -0.2) is 0 Å². The summed E-state index contributed by atoms with van der Waals surface area (Å²) in [5.41, 5.74) is 3.18. The van der Waals surface area contributed by atoms with Gasteiger partial charge in [0, 0.05) is 6.54 Å². The smallest absolute Gasteiger partial charge is 0.00202 e. The van der Waals surface area contributed by atoms with Crippen LogP contribution in [0.4, 0.5) is 0 Å². The normalized spacial score (nSPS) is 19.0. The summed E-state index contributed by atoms with van der Waals surface area (Å²) in [5.74, 6) is 0.750. The van der Waals surface area contributed by atoms with Crippen molar-refractivity contribution in [1.82, 2.24) is 5.32 Å². The average Bonchev–Trinajstić information content (AvgIpc) is 2.39. The maximum absolute atomic E-state index is 3.63. The summed E-state index contributed by atoms with van der Waals surface area (Å²) < 4.78 is 1.28. The molecule has 0 aliphatic heterocycles. The zero-order valence-electron chi connectivity index (χ0n) is 10.4. The molecule has 0 radical (unpaired) electrons. The molecule has 0 amide bonds. The number of halogens is 1. The fraction of sp³-hybridized carbons (Fsp3) is 0.600. The molecular weight excluding hydrogens is 321 g/mol. The molecule has 0 spiro atoms. The van der Waals surface area contributed by atoms with Crippen molar-refractivity contribution in [2.24, 2.45) is 0 Å². The van der Waals surface area contributed by atoms with Crippen LogP contribution in [-0.4, -0.2) is 17.5 Å². The fourth-order valence-corrected chi connectivity index (χ4v) is 3.23. The summed E-state index contributed by atoms with van der Waals surface area (Å²) in [5, 5.41) is 3.63. The first kappa shape index (κ1) is 13.3. The second-order valence-electron chi connectivity index (χ2n) is 4.89. The van der Waals surface area contributed by atoms with Gasteiger partial charge in [0.05, 0.1) is 0 Å². The molecule has 1 nitrogen and oxygen atoms in total. The molecule has 1 atom stereocenters. The number of hydrogen-bond donors (Lipinski definition) is 1. The highest BCUT2D eigenvalue weighted by atomic mass is 127. The topological polar surface area (TPSA) is 12.0 Å². The van der Waals surface area contributed by atoms with E-state index in [-0.39, 0.29) is 0 Å². The van der Waals surface area contributed by atoms with Gasteiger partial charge in [0.15, 0.2) is 0 Å². The van der Waals surface area contributed by atoms with Crippen molar-refractivity contribution in [2.45, 2.75) is 38.0 Å². The van der Waals surface area contributed by atoms with Crippen molar-refractivity contribution in [3.8, 4) is 0 Å². The highest BCUT2D eigenvalue weighted by molar-refractivity contribution is 14.1. The van der Waals surface area contributed by atoms with Crippen LogP contribution >= 0.6 is 22.6 Å². The Kier molecular flexibility index (Phi) is 5.78. The lowest BCUT2D eigenvalue weighted by Gasteiger charge is -2.25. The van der Waals surface area contributed by atoms with Gasteiger partial charge in [-0.2, -0.15) is 0 Å². The minimum Gasteiger partial charge on any atom is -0.316 e. The Balaban J connectivity index is 1.82. The van der Waals surface area contributed by atoms with Crippen molar-refractivity contribution in [3.05, 3.63) is 35.4 Å². The van der Waals surface area contributed by atoms with E-state index in [4.69, 9.17) is 0 Å². The molecule has 94 valence electrons. The molecule has 17 heavy (non-hydrogen) atoms. The van der Waals surface area contributed by atoms with E-state index in [9.17, 15) is 0 Å². The lowest BCUT2D eigenvalue weighted by atomic mass is 9.83. The van der Waals surface area contributed by atoms with Gasteiger partial charge in [-0.1, -0.05) is 46.9 Å². The number of hydrogen-bond acceptors (Lipinski definition) is 1. The minimum atomic E-state index is 0.750. The lowest BCUT2D eigenvalue weighted by Crippen LogP contribution is -2.25. The molecule has 0 heterocycles. The van der Waals surface area contributed by atoms with E-state index in [0.29, 0.717) is 0 Å². The fourth-order valence-electron chi connectivity index (χ4n) is 2.69. The van der Waals surface area contributed by atoms with Crippen LogP contribution in [0.5, 0.6) is 0 Å². The molecule has 1 aromatic carbocycles. The Morgan fingerprint density at radius 1 is 1.24 bits per heavy atom. The van der Waals surface area contributed by atoms with Gasteiger partial charge in [0.1, 0.15) is 0 Å². The highest BCUT2D eigenvalue weighted by Crippen LogP contribution is 2.30. The van der Waals surface area contributed by atoms with Crippen molar-refractivity contribution < 1.29 is 0 Å². The summed E-state index contributed by atoms with van der Waals surface area (Å²) in [6, 6.07) is 8.99. The summed E-state index contributed by atoms with van der Waals surface area (Å²) in [7, 11) is 0. The Hall–Kier alpha value is -0.0900. The number of alkyl halides is 1. The van der Waals surface area contributed by atoms with Gasteiger partial charge in [0.25, 0.3) is 0 Å². The molecule has 2 heteroatoms. The van der Waals surface area contributed by atoms with Gasteiger partial charge in [-0.15, -0.1) is 0 Å². The standard InChI is InChI=1S/C15H22IN/c16-10-3-4-11-17-12-14-8-5-7-13-6-1-2-9-15(13)14/h1-2,6,9,14,17H,3-5,7-8,10-12H2. The molecular formula is C15H22IN. The van der Waals surface area contributed by atoms with Gasteiger partial charge < -0.3 is 5.32 Å². The molecule has 1 aliphatic rings. The number of aryl methyl sites for hydroxylation is 1. The maximum Gasteiger partial charge on any atom is 0.00202 e. The number of rotatable bonds is 6. The van der Waals surface area contributed by atoms with Crippen molar-refractivity contribution in [1.29, 1.82) is 0 Å². The Bertz CT molecular complexity index is 337. The quantitative estimate of drug-likeness (QED) is 0.469. The summed E-state index contributed by atoms with van der Waals surface area (Å²) >= 11 is 2.45. The molecule has 0 saturated carbocycles. The Morgan fingerprint density at radius 3 is 3.00 bits per heavy atom. The SMILES string of the molecule is ICCCCNCC1CCCc2ccccc21. The zero-order chi connectivity index (χ0) is 11.9. The molecule has 0 aromatic heterocycles. The molecule has 0 bridgehead atoms. The van der Waals surface area contributed by atoms with E-state index < -0.39 is 0 Å². The molecule has 1 unspecified atom stereocenters.